The summed E-state index contributed by atoms with van der Waals surface area (Å²) in [4.78, 5) is 12.8. The third-order valence-electron chi connectivity index (χ3n) is 4.36. The SMILES string of the molecule is COc1ccc2[nH]nc(NC(=O)c3cnn(-c4ccccc4S(C)(=O)=O)c3)c2c1. The Balaban J connectivity index is 1.64. The van der Waals surface area contributed by atoms with Gasteiger partial charge in [-0.15, -0.1) is 0 Å². The number of aromatic amines is 1. The van der Waals surface area contributed by atoms with Gasteiger partial charge >= 0.3 is 0 Å². The molecule has 2 aromatic heterocycles. The molecule has 0 atom stereocenters. The molecule has 0 fully saturated rings. The molecule has 4 aromatic rings. The number of anilines is 1. The Bertz CT molecular complexity index is 1320. The second-order valence-electron chi connectivity index (χ2n) is 6.35. The van der Waals surface area contributed by atoms with Crippen molar-refractivity contribution < 1.29 is 17.9 Å². The number of ether oxygens (including phenoxy) is 1. The first-order chi connectivity index (χ1) is 13.9. The van der Waals surface area contributed by atoms with Crippen molar-refractivity contribution in [1.29, 1.82) is 0 Å². The summed E-state index contributed by atoms with van der Waals surface area (Å²) in [6, 6.07) is 11.8. The molecule has 0 aliphatic carbocycles. The average molecular weight is 411 g/mol. The number of rotatable bonds is 5. The van der Waals surface area contributed by atoms with Crippen molar-refractivity contribution in [3.05, 3.63) is 60.4 Å². The number of hydrogen-bond acceptors (Lipinski definition) is 6. The van der Waals surface area contributed by atoms with E-state index in [4.69, 9.17) is 4.74 Å². The highest BCUT2D eigenvalue weighted by Crippen LogP contribution is 2.26. The summed E-state index contributed by atoms with van der Waals surface area (Å²) in [7, 11) is -1.89. The van der Waals surface area contributed by atoms with Gasteiger partial charge in [-0.1, -0.05) is 12.1 Å². The number of nitrogens with zero attached hydrogens (tertiary/aromatic N) is 3. The molecular formula is C19H17N5O4S. The van der Waals surface area contributed by atoms with Crippen LogP contribution in [0.1, 0.15) is 10.4 Å². The zero-order chi connectivity index (χ0) is 20.6. The van der Waals surface area contributed by atoms with Crippen molar-refractivity contribution in [2.24, 2.45) is 0 Å². The van der Waals surface area contributed by atoms with Crippen LogP contribution in [0.4, 0.5) is 5.82 Å². The van der Waals surface area contributed by atoms with Crippen LogP contribution in [-0.4, -0.2) is 47.7 Å². The zero-order valence-electron chi connectivity index (χ0n) is 15.6. The third kappa shape index (κ3) is 3.57. The molecule has 10 heteroatoms. The molecule has 2 aromatic carbocycles. The van der Waals surface area contributed by atoms with E-state index in [1.54, 1.807) is 43.5 Å². The molecule has 148 valence electrons. The number of carbonyl (C=O) groups is 1. The van der Waals surface area contributed by atoms with Crippen molar-refractivity contribution in [3.8, 4) is 11.4 Å². The Morgan fingerprint density at radius 1 is 1.21 bits per heavy atom. The molecule has 2 heterocycles. The van der Waals surface area contributed by atoms with E-state index in [1.165, 1.54) is 23.1 Å². The van der Waals surface area contributed by atoms with Gasteiger partial charge in [0.1, 0.15) is 5.75 Å². The number of benzene rings is 2. The van der Waals surface area contributed by atoms with Gasteiger partial charge in [-0.2, -0.15) is 10.2 Å². The van der Waals surface area contributed by atoms with Crippen LogP contribution in [-0.2, 0) is 9.84 Å². The van der Waals surface area contributed by atoms with Gasteiger partial charge in [-0.05, 0) is 30.3 Å². The monoisotopic (exact) mass is 411 g/mol. The van der Waals surface area contributed by atoms with E-state index < -0.39 is 15.7 Å². The van der Waals surface area contributed by atoms with Crippen molar-refractivity contribution in [3.63, 3.8) is 0 Å². The van der Waals surface area contributed by atoms with Gasteiger partial charge in [-0.3, -0.25) is 9.89 Å². The van der Waals surface area contributed by atoms with Gasteiger partial charge in [0.25, 0.3) is 5.91 Å². The second-order valence-corrected chi connectivity index (χ2v) is 8.34. The first kappa shape index (κ1) is 18.7. The summed E-state index contributed by atoms with van der Waals surface area (Å²) < 4.78 is 30.6. The minimum Gasteiger partial charge on any atom is -0.497 e. The number of amides is 1. The Kier molecular flexibility index (Phi) is 4.55. The Hall–Kier alpha value is -3.66. The topological polar surface area (TPSA) is 119 Å². The standard InChI is InChI=1S/C19H17N5O4S/c1-28-13-7-8-15-14(9-13)18(23-22-15)21-19(25)12-10-20-24(11-12)16-5-3-4-6-17(16)29(2,26)27/h3-11H,1-2H3,(H2,21,22,23,25). The molecule has 0 radical (unpaired) electrons. The molecule has 2 N–H and O–H groups in total. The van der Waals surface area contributed by atoms with E-state index in [0.717, 1.165) is 11.8 Å². The van der Waals surface area contributed by atoms with Gasteiger partial charge in [0.05, 0.1) is 35.0 Å². The maximum atomic E-state index is 12.7. The molecule has 0 saturated carbocycles. The summed E-state index contributed by atoms with van der Waals surface area (Å²) >= 11 is 0. The quantitative estimate of drug-likeness (QED) is 0.521. The van der Waals surface area contributed by atoms with Crippen molar-refractivity contribution in [1.82, 2.24) is 20.0 Å². The zero-order valence-corrected chi connectivity index (χ0v) is 16.4. The number of hydrogen-bond donors (Lipinski definition) is 2. The van der Waals surface area contributed by atoms with Gasteiger partial charge < -0.3 is 10.1 Å². The van der Waals surface area contributed by atoms with Gasteiger partial charge in [0, 0.05) is 17.8 Å². The summed E-state index contributed by atoms with van der Waals surface area (Å²) in [6.07, 6.45) is 3.96. The highest BCUT2D eigenvalue weighted by molar-refractivity contribution is 7.90. The average Bonchev–Trinajstić information content (AvgIpc) is 3.34. The number of methoxy groups -OCH3 is 1. The predicted octanol–water partition coefficient (Wildman–Crippen LogP) is 2.41. The number of sulfone groups is 1. The predicted molar refractivity (Wildman–Crippen MR) is 107 cm³/mol. The minimum absolute atomic E-state index is 0.125. The van der Waals surface area contributed by atoms with Crippen LogP contribution in [0.15, 0.2) is 59.8 Å². The second kappa shape index (κ2) is 7.06. The summed E-state index contributed by atoms with van der Waals surface area (Å²) in [5.41, 5.74) is 1.37. The van der Waals surface area contributed by atoms with Gasteiger partial charge in [0.2, 0.25) is 0 Å². The molecule has 1 amide bonds. The first-order valence-corrected chi connectivity index (χ1v) is 10.4. The van der Waals surface area contributed by atoms with E-state index in [9.17, 15) is 13.2 Å². The molecule has 0 saturated heterocycles. The Labute approximate surface area is 166 Å². The van der Waals surface area contributed by atoms with Crippen LogP contribution in [0.2, 0.25) is 0 Å². The minimum atomic E-state index is -3.45. The number of aromatic nitrogens is 4. The van der Waals surface area contributed by atoms with Crippen LogP contribution in [0.25, 0.3) is 16.6 Å². The molecule has 0 aliphatic heterocycles. The fourth-order valence-electron chi connectivity index (χ4n) is 2.93. The lowest BCUT2D eigenvalue weighted by Gasteiger charge is -2.07. The summed E-state index contributed by atoms with van der Waals surface area (Å²) in [6.45, 7) is 0. The fraction of sp³-hybridized carbons (Fsp3) is 0.105. The van der Waals surface area contributed by atoms with Crippen LogP contribution >= 0.6 is 0 Å². The molecule has 0 unspecified atom stereocenters. The summed E-state index contributed by atoms with van der Waals surface area (Å²) in [5.74, 6) is 0.567. The van der Waals surface area contributed by atoms with Crippen LogP contribution in [0.5, 0.6) is 5.75 Å². The van der Waals surface area contributed by atoms with Crippen LogP contribution < -0.4 is 10.1 Å². The maximum Gasteiger partial charge on any atom is 0.260 e. The third-order valence-corrected chi connectivity index (χ3v) is 5.50. The fourth-order valence-corrected chi connectivity index (χ4v) is 3.79. The number of H-pyrrole nitrogens is 1. The molecular weight excluding hydrogens is 394 g/mol. The lowest BCUT2D eigenvalue weighted by atomic mass is 10.2. The Morgan fingerprint density at radius 3 is 2.76 bits per heavy atom. The molecule has 0 aliphatic rings. The largest absolute Gasteiger partial charge is 0.497 e. The molecule has 0 spiro atoms. The van der Waals surface area contributed by atoms with E-state index in [1.807, 2.05) is 0 Å². The molecule has 9 nitrogen and oxygen atoms in total. The number of carbonyl (C=O) groups excluding carboxylic acids is 1. The first-order valence-electron chi connectivity index (χ1n) is 8.54. The highest BCUT2D eigenvalue weighted by Gasteiger charge is 2.17. The highest BCUT2D eigenvalue weighted by atomic mass is 32.2. The van der Waals surface area contributed by atoms with Crippen molar-refractivity contribution in [2.45, 2.75) is 4.90 Å². The van der Waals surface area contributed by atoms with Crippen molar-refractivity contribution >= 4 is 32.5 Å². The smallest absolute Gasteiger partial charge is 0.260 e. The van der Waals surface area contributed by atoms with E-state index in [0.29, 0.717) is 22.6 Å². The van der Waals surface area contributed by atoms with Gasteiger partial charge in [0.15, 0.2) is 15.7 Å². The Morgan fingerprint density at radius 2 is 2.00 bits per heavy atom. The van der Waals surface area contributed by atoms with Gasteiger partial charge in [-0.25, -0.2) is 13.1 Å². The molecule has 4 rings (SSSR count). The van der Waals surface area contributed by atoms with E-state index >= 15 is 0 Å². The van der Waals surface area contributed by atoms with E-state index in [-0.39, 0.29) is 10.5 Å². The lowest BCUT2D eigenvalue weighted by Crippen LogP contribution is -2.12. The normalized spacial score (nSPS) is 11.5. The number of para-hydroxylation sites is 1. The molecule has 29 heavy (non-hydrogen) atoms. The number of fused-ring (bicyclic) bond motifs is 1. The van der Waals surface area contributed by atoms with Crippen molar-refractivity contribution in [2.75, 3.05) is 18.7 Å². The number of nitrogens with one attached hydrogen (secondary N) is 2. The maximum absolute atomic E-state index is 12.7. The summed E-state index contributed by atoms with van der Waals surface area (Å²) in [5, 5.41) is 14.6. The van der Waals surface area contributed by atoms with Crippen LogP contribution in [0.3, 0.4) is 0 Å². The lowest BCUT2D eigenvalue weighted by molar-refractivity contribution is 0.102. The molecule has 0 bridgehead atoms. The van der Waals surface area contributed by atoms with Crippen LogP contribution in [0, 0.1) is 0 Å². The van der Waals surface area contributed by atoms with E-state index in [2.05, 4.69) is 20.6 Å².